The Hall–Kier alpha value is -2.93. The van der Waals surface area contributed by atoms with Gasteiger partial charge >= 0.3 is 0 Å². The first kappa shape index (κ1) is 19.4. The van der Waals surface area contributed by atoms with Crippen molar-refractivity contribution in [1.29, 1.82) is 0 Å². The van der Waals surface area contributed by atoms with Crippen molar-refractivity contribution in [1.82, 2.24) is 14.5 Å². The molecule has 1 aliphatic rings. The summed E-state index contributed by atoms with van der Waals surface area (Å²) in [6, 6.07) is 9.51. The molecule has 0 aliphatic heterocycles. The number of fused-ring (bicyclic) bond motifs is 1. The van der Waals surface area contributed by atoms with E-state index in [1.807, 2.05) is 35.8 Å². The topological polar surface area (TPSA) is 78.3 Å². The fourth-order valence-corrected chi connectivity index (χ4v) is 3.85. The second kappa shape index (κ2) is 8.61. The van der Waals surface area contributed by atoms with Crippen LogP contribution in [0.2, 0.25) is 0 Å². The second-order valence-electron chi connectivity index (χ2n) is 7.40. The first-order valence-corrected chi connectivity index (χ1v) is 10.0. The van der Waals surface area contributed by atoms with E-state index in [1.54, 1.807) is 19.4 Å². The summed E-state index contributed by atoms with van der Waals surface area (Å²) in [5.74, 6) is 1.25. The van der Waals surface area contributed by atoms with Gasteiger partial charge in [-0.05, 0) is 49.6 Å². The zero-order chi connectivity index (χ0) is 20.2. The maximum absolute atomic E-state index is 12.7. The van der Waals surface area contributed by atoms with Crippen LogP contribution in [-0.2, 0) is 4.74 Å². The lowest BCUT2D eigenvalue weighted by Crippen LogP contribution is -2.24. The fourth-order valence-electron chi connectivity index (χ4n) is 3.85. The van der Waals surface area contributed by atoms with Gasteiger partial charge in [0.2, 0.25) is 5.95 Å². The molecule has 7 nitrogen and oxygen atoms in total. The zero-order valence-corrected chi connectivity index (χ0v) is 16.9. The van der Waals surface area contributed by atoms with Gasteiger partial charge in [0, 0.05) is 36.5 Å². The number of aromatic nitrogens is 3. The lowest BCUT2D eigenvalue weighted by Gasteiger charge is -2.17. The summed E-state index contributed by atoms with van der Waals surface area (Å²) in [7, 11) is 1.65. The van der Waals surface area contributed by atoms with Gasteiger partial charge in [-0.3, -0.25) is 9.36 Å². The van der Waals surface area contributed by atoms with Crippen LogP contribution in [0, 0.1) is 6.92 Å². The van der Waals surface area contributed by atoms with Gasteiger partial charge in [0.1, 0.15) is 18.0 Å². The van der Waals surface area contributed by atoms with E-state index in [1.165, 1.54) is 0 Å². The van der Waals surface area contributed by atoms with E-state index in [0.717, 1.165) is 48.1 Å². The van der Waals surface area contributed by atoms with Gasteiger partial charge in [-0.25, -0.2) is 4.98 Å². The van der Waals surface area contributed by atoms with E-state index in [4.69, 9.17) is 14.5 Å². The van der Waals surface area contributed by atoms with E-state index in [2.05, 4.69) is 10.3 Å². The van der Waals surface area contributed by atoms with Crippen LogP contribution < -0.4 is 15.6 Å². The minimum atomic E-state index is 0.0177. The first-order valence-electron chi connectivity index (χ1n) is 10.0. The SMILES string of the molecule is COCCOc1ccc(Nc2ncc3c(C)cc(=O)n(C4CCCC4)c3n2)cc1. The Kier molecular flexibility index (Phi) is 5.76. The van der Waals surface area contributed by atoms with Gasteiger partial charge in [0.25, 0.3) is 5.56 Å². The van der Waals surface area contributed by atoms with E-state index in [9.17, 15) is 4.79 Å². The van der Waals surface area contributed by atoms with Crippen molar-refractivity contribution in [3.63, 3.8) is 0 Å². The molecule has 0 bridgehead atoms. The molecule has 0 atom stereocenters. The molecule has 2 aromatic heterocycles. The Labute approximate surface area is 169 Å². The number of hydrogen-bond acceptors (Lipinski definition) is 6. The van der Waals surface area contributed by atoms with Crippen molar-refractivity contribution >= 4 is 22.7 Å². The Morgan fingerprint density at radius 1 is 1.17 bits per heavy atom. The van der Waals surface area contributed by atoms with Crippen molar-refractivity contribution in [3.8, 4) is 5.75 Å². The maximum atomic E-state index is 12.7. The average molecular weight is 394 g/mol. The summed E-state index contributed by atoms with van der Waals surface area (Å²) in [5.41, 5.74) is 2.48. The summed E-state index contributed by atoms with van der Waals surface area (Å²) >= 11 is 0. The van der Waals surface area contributed by atoms with Crippen LogP contribution in [0.25, 0.3) is 11.0 Å². The largest absolute Gasteiger partial charge is 0.491 e. The molecule has 4 rings (SSSR count). The van der Waals surface area contributed by atoms with E-state index in [-0.39, 0.29) is 11.6 Å². The summed E-state index contributed by atoms with van der Waals surface area (Å²) in [6.45, 7) is 2.99. The van der Waals surface area contributed by atoms with Crippen molar-refractivity contribution in [2.75, 3.05) is 25.6 Å². The Bertz CT molecular complexity index is 1040. The third-order valence-electron chi connectivity index (χ3n) is 5.36. The summed E-state index contributed by atoms with van der Waals surface area (Å²) < 4.78 is 12.4. The van der Waals surface area contributed by atoms with Crippen LogP contribution in [0.5, 0.6) is 5.75 Å². The molecule has 0 saturated heterocycles. The molecule has 1 saturated carbocycles. The van der Waals surface area contributed by atoms with Crippen LogP contribution in [0.15, 0.2) is 41.3 Å². The van der Waals surface area contributed by atoms with Gasteiger partial charge in [-0.1, -0.05) is 12.8 Å². The molecule has 7 heteroatoms. The number of methoxy groups -OCH3 is 1. The predicted molar refractivity (Wildman–Crippen MR) is 113 cm³/mol. The van der Waals surface area contributed by atoms with Gasteiger partial charge in [-0.2, -0.15) is 4.98 Å². The van der Waals surface area contributed by atoms with E-state index in [0.29, 0.717) is 24.8 Å². The Balaban J connectivity index is 1.61. The lowest BCUT2D eigenvalue weighted by atomic mass is 10.1. The smallest absolute Gasteiger partial charge is 0.252 e. The van der Waals surface area contributed by atoms with Crippen molar-refractivity contribution in [2.24, 2.45) is 0 Å². The summed E-state index contributed by atoms with van der Waals surface area (Å²) in [5, 5.41) is 4.15. The summed E-state index contributed by atoms with van der Waals surface area (Å²) in [6.07, 6.45) is 6.15. The van der Waals surface area contributed by atoms with E-state index >= 15 is 0 Å². The number of ether oxygens (including phenoxy) is 2. The third kappa shape index (κ3) is 4.24. The monoisotopic (exact) mass is 394 g/mol. The number of hydrogen-bond donors (Lipinski definition) is 1. The average Bonchev–Trinajstić information content (AvgIpc) is 3.24. The molecule has 0 unspecified atom stereocenters. The van der Waals surface area contributed by atoms with Crippen LogP contribution >= 0.6 is 0 Å². The Morgan fingerprint density at radius 3 is 2.66 bits per heavy atom. The van der Waals surface area contributed by atoms with Gasteiger partial charge in [0.15, 0.2) is 0 Å². The molecule has 152 valence electrons. The minimum absolute atomic E-state index is 0.0177. The first-order chi connectivity index (χ1) is 14.2. The molecule has 1 N–H and O–H groups in total. The highest BCUT2D eigenvalue weighted by molar-refractivity contribution is 5.79. The van der Waals surface area contributed by atoms with Crippen molar-refractivity contribution < 1.29 is 9.47 Å². The fraction of sp³-hybridized carbons (Fsp3) is 0.409. The zero-order valence-electron chi connectivity index (χ0n) is 16.9. The predicted octanol–water partition coefficient (Wildman–Crippen LogP) is 3.98. The van der Waals surface area contributed by atoms with Crippen molar-refractivity contribution in [3.05, 3.63) is 52.4 Å². The number of anilines is 2. The van der Waals surface area contributed by atoms with Gasteiger partial charge in [0.05, 0.1) is 6.61 Å². The highest BCUT2D eigenvalue weighted by Crippen LogP contribution is 2.31. The Morgan fingerprint density at radius 2 is 1.93 bits per heavy atom. The summed E-state index contributed by atoms with van der Waals surface area (Å²) in [4.78, 5) is 21.9. The van der Waals surface area contributed by atoms with Crippen LogP contribution in [0.1, 0.15) is 37.3 Å². The van der Waals surface area contributed by atoms with E-state index < -0.39 is 0 Å². The number of aryl methyl sites for hydroxylation is 1. The number of nitrogens with zero attached hydrogens (tertiary/aromatic N) is 3. The normalized spacial score (nSPS) is 14.4. The number of pyridine rings is 1. The molecule has 2 heterocycles. The molecule has 29 heavy (non-hydrogen) atoms. The molecule has 1 aliphatic carbocycles. The van der Waals surface area contributed by atoms with Crippen LogP contribution in [-0.4, -0.2) is 34.9 Å². The molecular formula is C22H26N4O3. The molecule has 1 aromatic carbocycles. The highest BCUT2D eigenvalue weighted by atomic mass is 16.5. The number of benzene rings is 1. The minimum Gasteiger partial charge on any atom is -0.491 e. The van der Waals surface area contributed by atoms with Crippen LogP contribution in [0.4, 0.5) is 11.6 Å². The molecule has 1 fully saturated rings. The molecular weight excluding hydrogens is 368 g/mol. The quantitative estimate of drug-likeness (QED) is 0.611. The van der Waals surface area contributed by atoms with Crippen molar-refractivity contribution in [2.45, 2.75) is 38.6 Å². The second-order valence-corrected chi connectivity index (χ2v) is 7.40. The molecule has 0 spiro atoms. The van der Waals surface area contributed by atoms with Gasteiger partial charge < -0.3 is 14.8 Å². The molecule has 0 amide bonds. The maximum Gasteiger partial charge on any atom is 0.252 e. The molecule has 0 radical (unpaired) electrons. The number of rotatable bonds is 7. The lowest BCUT2D eigenvalue weighted by molar-refractivity contribution is 0.146. The number of nitrogens with one attached hydrogen (secondary N) is 1. The molecule has 3 aromatic rings. The van der Waals surface area contributed by atoms with Gasteiger partial charge in [-0.15, -0.1) is 0 Å². The standard InChI is InChI=1S/C22H26N4O3/c1-15-13-20(27)26(17-5-3-4-6-17)21-19(15)14-23-22(25-21)24-16-7-9-18(10-8-16)29-12-11-28-2/h7-10,13-14,17H,3-6,11-12H2,1-2H3,(H,23,24,25). The highest BCUT2D eigenvalue weighted by Gasteiger charge is 2.21. The van der Waals surface area contributed by atoms with Crippen LogP contribution in [0.3, 0.4) is 0 Å². The third-order valence-corrected chi connectivity index (χ3v) is 5.36.